The predicted octanol–water partition coefficient (Wildman–Crippen LogP) is 3.24. The van der Waals surface area contributed by atoms with Crippen molar-refractivity contribution in [3.05, 3.63) is 41.5 Å². The Morgan fingerprint density at radius 3 is 2.35 bits per heavy atom. The molecule has 0 saturated heterocycles. The SMILES string of the molecule is C=C(CNC(C)C)COc1cc(C)cc(C)c1. The quantitative estimate of drug-likeness (QED) is 0.762. The van der Waals surface area contributed by atoms with E-state index >= 15 is 0 Å². The maximum absolute atomic E-state index is 5.72. The van der Waals surface area contributed by atoms with Crippen molar-refractivity contribution in [2.24, 2.45) is 0 Å². The molecule has 0 spiro atoms. The molecule has 1 aromatic carbocycles. The molecule has 1 rings (SSSR count). The van der Waals surface area contributed by atoms with Gasteiger partial charge in [0, 0.05) is 12.6 Å². The summed E-state index contributed by atoms with van der Waals surface area (Å²) in [6, 6.07) is 6.72. The number of ether oxygens (including phenoxy) is 1. The molecule has 0 unspecified atom stereocenters. The van der Waals surface area contributed by atoms with Gasteiger partial charge < -0.3 is 10.1 Å². The number of hydrogen-bond acceptors (Lipinski definition) is 2. The summed E-state index contributed by atoms with van der Waals surface area (Å²) in [4.78, 5) is 0. The summed E-state index contributed by atoms with van der Waals surface area (Å²) in [6.07, 6.45) is 0. The van der Waals surface area contributed by atoms with Crippen molar-refractivity contribution in [2.75, 3.05) is 13.2 Å². The molecule has 0 amide bonds. The van der Waals surface area contributed by atoms with Gasteiger partial charge in [0.15, 0.2) is 0 Å². The van der Waals surface area contributed by atoms with E-state index < -0.39 is 0 Å². The summed E-state index contributed by atoms with van der Waals surface area (Å²) in [7, 11) is 0. The molecule has 0 aliphatic rings. The van der Waals surface area contributed by atoms with E-state index in [1.54, 1.807) is 0 Å². The summed E-state index contributed by atoms with van der Waals surface area (Å²) in [5.41, 5.74) is 3.52. The molecule has 94 valence electrons. The van der Waals surface area contributed by atoms with Crippen molar-refractivity contribution < 1.29 is 4.74 Å². The molecule has 0 radical (unpaired) electrons. The molecule has 0 heterocycles. The van der Waals surface area contributed by atoms with Crippen LogP contribution in [0.1, 0.15) is 25.0 Å². The second kappa shape index (κ2) is 6.45. The highest BCUT2D eigenvalue weighted by atomic mass is 16.5. The van der Waals surface area contributed by atoms with Crippen LogP contribution in [0.4, 0.5) is 0 Å². The van der Waals surface area contributed by atoms with Crippen LogP contribution in [0.5, 0.6) is 5.75 Å². The Morgan fingerprint density at radius 1 is 1.24 bits per heavy atom. The van der Waals surface area contributed by atoms with Gasteiger partial charge in [-0.3, -0.25) is 0 Å². The number of aryl methyl sites for hydroxylation is 2. The van der Waals surface area contributed by atoms with E-state index in [0.717, 1.165) is 17.9 Å². The van der Waals surface area contributed by atoms with Crippen molar-refractivity contribution in [3.8, 4) is 5.75 Å². The number of nitrogens with one attached hydrogen (secondary N) is 1. The van der Waals surface area contributed by atoms with Gasteiger partial charge in [-0.25, -0.2) is 0 Å². The highest BCUT2D eigenvalue weighted by Gasteiger charge is 2.00. The molecule has 2 heteroatoms. The zero-order valence-corrected chi connectivity index (χ0v) is 11.3. The average molecular weight is 233 g/mol. The first kappa shape index (κ1) is 13.8. The molecule has 0 aliphatic heterocycles. The fourth-order valence-electron chi connectivity index (χ4n) is 1.60. The van der Waals surface area contributed by atoms with Crippen molar-refractivity contribution in [1.29, 1.82) is 0 Å². The van der Waals surface area contributed by atoms with Crippen LogP contribution in [-0.2, 0) is 0 Å². The molecule has 0 bridgehead atoms. The summed E-state index contributed by atoms with van der Waals surface area (Å²) >= 11 is 0. The highest BCUT2D eigenvalue weighted by molar-refractivity contribution is 5.33. The van der Waals surface area contributed by atoms with Gasteiger partial charge in [-0.1, -0.05) is 26.5 Å². The van der Waals surface area contributed by atoms with Gasteiger partial charge in [0.25, 0.3) is 0 Å². The summed E-state index contributed by atoms with van der Waals surface area (Å²) in [5.74, 6) is 0.924. The molecule has 0 fully saturated rings. The fraction of sp³-hybridized carbons (Fsp3) is 0.467. The zero-order valence-electron chi connectivity index (χ0n) is 11.3. The monoisotopic (exact) mass is 233 g/mol. The molecular formula is C15H23NO. The Balaban J connectivity index is 2.42. The highest BCUT2D eigenvalue weighted by Crippen LogP contribution is 2.16. The van der Waals surface area contributed by atoms with Crippen molar-refractivity contribution >= 4 is 0 Å². The van der Waals surface area contributed by atoms with Crippen LogP contribution in [0.2, 0.25) is 0 Å². The largest absolute Gasteiger partial charge is 0.489 e. The van der Waals surface area contributed by atoms with Crippen LogP contribution < -0.4 is 10.1 Å². The Labute approximate surface area is 105 Å². The maximum Gasteiger partial charge on any atom is 0.120 e. The van der Waals surface area contributed by atoms with E-state index in [1.807, 2.05) is 0 Å². The third-order valence-electron chi connectivity index (χ3n) is 2.40. The van der Waals surface area contributed by atoms with E-state index in [0.29, 0.717) is 12.6 Å². The minimum Gasteiger partial charge on any atom is -0.489 e. The molecule has 1 N–H and O–H groups in total. The van der Waals surface area contributed by atoms with E-state index in [1.165, 1.54) is 11.1 Å². The van der Waals surface area contributed by atoms with E-state index in [-0.39, 0.29) is 0 Å². The summed E-state index contributed by atoms with van der Waals surface area (Å²) in [5, 5.41) is 3.32. The first-order valence-electron chi connectivity index (χ1n) is 6.08. The molecule has 0 aromatic heterocycles. The molecule has 0 atom stereocenters. The third-order valence-corrected chi connectivity index (χ3v) is 2.40. The molecule has 0 aliphatic carbocycles. The third kappa shape index (κ3) is 5.55. The maximum atomic E-state index is 5.72. The Bertz CT molecular complexity index is 362. The van der Waals surface area contributed by atoms with Crippen LogP contribution in [0.15, 0.2) is 30.4 Å². The topological polar surface area (TPSA) is 21.3 Å². The van der Waals surface area contributed by atoms with Gasteiger partial charge in [-0.05, 0) is 42.7 Å². The van der Waals surface area contributed by atoms with Gasteiger partial charge in [-0.15, -0.1) is 0 Å². The van der Waals surface area contributed by atoms with Gasteiger partial charge in [0.05, 0.1) is 0 Å². The normalized spacial score (nSPS) is 10.6. The predicted molar refractivity (Wildman–Crippen MR) is 73.7 cm³/mol. The summed E-state index contributed by atoms with van der Waals surface area (Å²) in [6.45, 7) is 13.8. The first-order valence-corrected chi connectivity index (χ1v) is 6.08. The summed E-state index contributed by atoms with van der Waals surface area (Å²) < 4.78 is 5.72. The van der Waals surface area contributed by atoms with Crippen LogP contribution in [0.3, 0.4) is 0 Å². The van der Waals surface area contributed by atoms with Crippen molar-refractivity contribution in [2.45, 2.75) is 33.7 Å². The van der Waals surface area contributed by atoms with Crippen LogP contribution in [0, 0.1) is 13.8 Å². The van der Waals surface area contributed by atoms with Gasteiger partial charge in [0.2, 0.25) is 0 Å². The Morgan fingerprint density at radius 2 is 1.82 bits per heavy atom. The van der Waals surface area contributed by atoms with Gasteiger partial charge in [-0.2, -0.15) is 0 Å². The molecule has 1 aromatic rings. The standard InChI is InChI=1S/C15H23NO/c1-11(2)16-9-14(5)10-17-15-7-12(3)6-13(4)8-15/h6-8,11,16H,5,9-10H2,1-4H3. The minimum absolute atomic E-state index is 0.480. The number of hydrogen-bond donors (Lipinski definition) is 1. The fourth-order valence-corrected chi connectivity index (χ4v) is 1.60. The van der Waals surface area contributed by atoms with E-state index in [2.05, 4.69) is 57.8 Å². The molecular weight excluding hydrogens is 210 g/mol. The lowest BCUT2D eigenvalue weighted by Gasteiger charge is -2.12. The lowest BCUT2D eigenvalue weighted by Crippen LogP contribution is -2.26. The first-order chi connectivity index (χ1) is 7.97. The lowest BCUT2D eigenvalue weighted by molar-refractivity contribution is 0.347. The van der Waals surface area contributed by atoms with Gasteiger partial charge in [0.1, 0.15) is 12.4 Å². The zero-order chi connectivity index (χ0) is 12.8. The number of rotatable bonds is 6. The van der Waals surface area contributed by atoms with Gasteiger partial charge >= 0.3 is 0 Å². The Kier molecular flexibility index (Phi) is 5.23. The van der Waals surface area contributed by atoms with E-state index in [9.17, 15) is 0 Å². The second-order valence-electron chi connectivity index (χ2n) is 4.90. The molecule has 17 heavy (non-hydrogen) atoms. The van der Waals surface area contributed by atoms with Crippen molar-refractivity contribution in [3.63, 3.8) is 0 Å². The van der Waals surface area contributed by atoms with Crippen LogP contribution in [0.25, 0.3) is 0 Å². The molecule has 0 saturated carbocycles. The van der Waals surface area contributed by atoms with Crippen molar-refractivity contribution in [1.82, 2.24) is 5.32 Å². The lowest BCUT2D eigenvalue weighted by atomic mass is 10.1. The Hall–Kier alpha value is -1.28. The van der Waals surface area contributed by atoms with E-state index in [4.69, 9.17) is 4.74 Å². The smallest absolute Gasteiger partial charge is 0.120 e. The average Bonchev–Trinajstić information content (AvgIpc) is 2.22. The second-order valence-corrected chi connectivity index (χ2v) is 4.90. The molecule has 2 nitrogen and oxygen atoms in total. The van der Waals surface area contributed by atoms with Crippen LogP contribution in [-0.4, -0.2) is 19.2 Å². The number of benzene rings is 1. The van der Waals surface area contributed by atoms with Crippen LogP contribution >= 0.6 is 0 Å². The minimum atomic E-state index is 0.480.